The van der Waals surface area contributed by atoms with E-state index in [1.807, 2.05) is 0 Å². The van der Waals surface area contributed by atoms with Crippen LogP contribution in [0.3, 0.4) is 0 Å². The zero-order valence-electron chi connectivity index (χ0n) is 14.4. The average Bonchev–Trinajstić information content (AvgIpc) is 3.42. The van der Waals surface area contributed by atoms with Gasteiger partial charge in [0.05, 0.1) is 16.7 Å². The maximum atomic E-state index is 13.5. The molecule has 1 aliphatic carbocycles. The standard InChI is InChI=1S/C17H24ClFN2O4S/c1-9(4-5-20-17(23)15-16-13-8-26(13,16)25-15)21-14(22)7-24-10-2-3-11(18)12(19)6-10/h10-13,15-16H,1-8H2,(H,20,23)(H,21,22). The summed E-state index contributed by atoms with van der Waals surface area (Å²) in [7, 11) is -0.702. The molecule has 3 heterocycles. The highest BCUT2D eigenvalue weighted by molar-refractivity contribution is 8.44. The first-order valence-electron chi connectivity index (χ1n) is 9.03. The number of hydrogen-bond donors (Lipinski definition) is 2. The number of ether oxygens (including phenoxy) is 1. The third kappa shape index (κ3) is 3.48. The predicted octanol–water partition coefficient (Wildman–Crippen LogP) is 1.52. The smallest absolute Gasteiger partial charge is 0.251 e. The highest BCUT2D eigenvalue weighted by Gasteiger charge is 2.87. The Morgan fingerprint density at radius 3 is 2.81 bits per heavy atom. The summed E-state index contributed by atoms with van der Waals surface area (Å²) in [6.07, 6.45) is 0.263. The second kappa shape index (κ2) is 6.96. The monoisotopic (exact) mass is 406 g/mol. The maximum Gasteiger partial charge on any atom is 0.251 e. The molecule has 2 amide bonds. The van der Waals surface area contributed by atoms with E-state index in [0.717, 1.165) is 0 Å². The summed E-state index contributed by atoms with van der Waals surface area (Å²) >= 11 is 5.83. The van der Waals surface area contributed by atoms with Crippen LogP contribution in [0.5, 0.6) is 0 Å². The van der Waals surface area contributed by atoms with Gasteiger partial charge in [-0.2, -0.15) is 0 Å². The molecule has 3 saturated heterocycles. The van der Waals surface area contributed by atoms with Gasteiger partial charge in [0.1, 0.15) is 12.8 Å². The van der Waals surface area contributed by atoms with Gasteiger partial charge in [-0.15, -0.1) is 21.9 Å². The van der Waals surface area contributed by atoms with Gasteiger partial charge in [0.2, 0.25) is 5.91 Å². The van der Waals surface area contributed by atoms with Crippen LogP contribution in [0, 0.1) is 0 Å². The Kier molecular flexibility index (Phi) is 4.96. The molecule has 0 aromatic heterocycles. The average molecular weight is 407 g/mol. The Bertz CT molecular complexity index is 638. The normalized spacial score (nSPS) is 44.4. The molecule has 146 valence electrons. The van der Waals surface area contributed by atoms with Crippen molar-refractivity contribution >= 4 is 33.7 Å². The number of amides is 2. The van der Waals surface area contributed by atoms with E-state index >= 15 is 0 Å². The lowest BCUT2D eigenvalue weighted by Crippen LogP contribution is -2.47. The van der Waals surface area contributed by atoms with Crippen LogP contribution in [0.2, 0.25) is 0 Å². The van der Waals surface area contributed by atoms with Crippen molar-refractivity contribution in [2.75, 3.05) is 18.9 Å². The van der Waals surface area contributed by atoms with Crippen LogP contribution in [0.25, 0.3) is 0 Å². The van der Waals surface area contributed by atoms with Crippen molar-refractivity contribution < 1.29 is 22.9 Å². The third-order valence-corrected chi connectivity index (χ3v) is 9.73. The highest BCUT2D eigenvalue weighted by atomic mass is 35.5. The van der Waals surface area contributed by atoms with Crippen LogP contribution in [0.15, 0.2) is 12.3 Å². The quantitative estimate of drug-likeness (QED) is 0.473. The van der Waals surface area contributed by atoms with Crippen molar-refractivity contribution in [1.29, 1.82) is 0 Å². The lowest BCUT2D eigenvalue weighted by Gasteiger charge is -2.34. The molecule has 0 bridgehead atoms. The lowest BCUT2D eigenvalue weighted by atomic mass is 9.95. The van der Waals surface area contributed by atoms with Gasteiger partial charge in [0, 0.05) is 36.1 Å². The number of fused-ring (bicyclic) bond motifs is 1. The number of halogens is 2. The SMILES string of the molecule is C=C(CCNC(=O)C1OS23CC2C13)NC(=O)COC1CCC(Cl)C(F)C1. The topological polar surface area (TPSA) is 76.7 Å². The van der Waals surface area contributed by atoms with Crippen molar-refractivity contribution in [3.63, 3.8) is 0 Å². The molecule has 0 aromatic rings. The van der Waals surface area contributed by atoms with E-state index in [1.54, 1.807) is 0 Å². The van der Waals surface area contributed by atoms with Gasteiger partial charge in [-0.1, -0.05) is 6.58 Å². The molecular formula is C17H24ClFN2O4S. The maximum absolute atomic E-state index is 13.5. The molecule has 9 heteroatoms. The van der Waals surface area contributed by atoms with Gasteiger partial charge >= 0.3 is 0 Å². The predicted molar refractivity (Wildman–Crippen MR) is 97.9 cm³/mol. The summed E-state index contributed by atoms with van der Waals surface area (Å²) in [5.74, 6) is 0.820. The number of nitrogens with one attached hydrogen (secondary N) is 2. The van der Waals surface area contributed by atoms with Gasteiger partial charge in [-0.25, -0.2) is 4.39 Å². The Hall–Kier alpha value is -0.830. The molecule has 1 saturated carbocycles. The van der Waals surface area contributed by atoms with Crippen LogP contribution in [-0.4, -0.2) is 65.0 Å². The molecule has 1 spiro atoms. The van der Waals surface area contributed by atoms with E-state index in [2.05, 4.69) is 17.2 Å². The Morgan fingerprint density at radius 1 is 1.38 bits per heavy atom. The first-order chi connectivity index (χ1) is 12.4. The molecule has 7 unspecified atom stereocenters. The van der Waals surface area contributed by atoms with Crippen LogP contribution in [-0.2, 0) is 18.5 Å². The molecule has 4 fully saturated rings. The Morgan fingerprint density at radius 2 is 2.19 bits per heavy atom. The molecule has 0 aromatic carbocycles. The molecule has 7 atom stereocenters. The van der Waals surface area contributed by atoms with Crippen LogP contribution in [0.1, 0.15) is 25.7 Å². The molecule has 26 heavy (non-hydrogen) atoms. The van der Waals surface area contributed by atoms with Crippen LogP contribution >= 0.6 is 21.9 Å². The van der Waals surface area contributed by atoms with E-state index < -0.39 is 21.9 Å². The van der Waals surface area contributed by atoms with E-state index in [4.69, 9.17) is 20.5 Å². The number of hydrogen-bond acceptors (Lipinski definition) is 4. The van der Waals surface area contributed by atoms with E-state index in [1.165, 1.54) is 5.75 Å². The summed E-state index contributed by atoms with van der Waals surface area (Å²) in [4.78, 5) is 23.8. The zero-order valence-corrected chi connectivity index (χ0v) is 16.0. The summed E-state index contributed by atoms with van der Waals surface area (Å²) in [6.45, 7) is 4.05. The van der Waals surface area contributed by atoms with Crippen molar-refractivity contribution in [3.8, 4) is 0 Å². The molecule has 4 aliphatic rings. The van der Waals surface area contributed by atoms with Gasteiger partial charge in [-0.3, -0.25) is 9.59 Å². The van der Waals surface area contributed by atoms with Gasteiger partial charge < -0.3 is 19.6 Å². The molecule has 3 aliphatic heterocycles. The first-order valence-corrected chi connectivity index (χ1v) is 11.3. The third-order valence-electron chi connectivity index (χ3n) is 5.55. The van der Waals surface area contributed by atoms with Crippen molar-refractivity contribution in [1.82, 2.24) is 10.6 Å². The Balaban J connectivity index is 1.06. The summed E-state index contributed by atoms with van der Waals surface area (Å²) in [6, 6.07) is 0. The van der Waals surface area contributed by atoms with Gasteiger partial charge in [0.15, 0.2) is 6.10 Å². The number of alkyl halides is 2. The van der Waals surface area contributed by atoms with Crippen LogP contribution in [0.4, 0.5) is 4.39 Å². The Labute approximate surface area is 158 Å². The first kappa shape index (κ1) is 18.5. The molecular weight excluding hydrogens is 383 g/mol. The minimum absolute atomic E-state index is 0.0570. The second-order valence-electron chi connectivity index (χ2n) is 7.44. The van der Waals surface area contributed by atoms with Crippen LogP contribution < -0.4 is 10.6 Å². The summed E-state index contributed by atoms with van der Waals surface area (Å²) in [5, 5.41) is 6.25. The fourth-order valence-corrected chi connectivity index (χ4v) is 7.74. The van der Waals surface area contributed by atoms with Gasteiger partial charge in [-0.05, 0) is 12.8 Å². The highest BCUT2D eigenvalue weighted by Crippen LogP contribution is 2.98. The molecule has 2 N–H and O–H groups in total. The second-order valence-corrected chi connectivity index (χ2v) is 11.2. The van der Waals surface area contributed by atoms with Crippen molar-refractivity contribution in [3.05, 3.63) is 12.3 Å². The zero-order chi connectivity index (χ0) is 18.5. The van der Waals surface area contributed by atoms with E-state index in [-0.39, 0.29) is 37.0 Å². The lowest BCUT2D eigenvalue weighted by molar-refractivity contribution is -0.128. The largest absolute Gasteiger partial charge is 0.368 e. The minimum atomic E-state index is -1.09. The van der Waals surface area contributed by atoms with Gasteiger partial charge in [0.25, 0.3) is 5.91 Å². The fraction of sp³-hybridized carbons (Fsp3) is 0.765. The molecule has 6 nitrogen and oxygen atoms in total. The molecule has 4 rings (SSSR count). The number of carbonyl (C=O) groups is 2. The van der Waals surface area contributed by atoms with Crippen molar-refractivity contribution in [2.45, 2.75) is 59.9 Å². The van der Waals surface area contributed by atoms with Crippen molar-refractivity contribution in [2.24, 2.45) is 0 Å². The molecule has 0 radical (unpaired) electrons. The number of rotatable bonds is 8. The van der Waals surface area contributed by atoms with E-state index in [9.17, 15) is 14.0 Å². The number of carbonyl (C=O) groups excluding carboxylic acids is 2. The summed E-state index contributed by atoms with van der Waals surface area (Å²) in [5.41, 5.74) is 0.512. The summed E-state index contributed by atoms with van der Waals surface area (Å²) < 4.78 is 24.7. The minimum Gasteiger partial charge on any atom is -0.368 e. The fourth-order valence-electron chi connectivity index (χ4n) is 3.80. The van der Waals surface area contributed by atoms with E-state index in [0.29, 0.717) is 42.0 Å².